The van der Waals surface area contributed by atoms with Crippen molar-refractivity contribution in [2.45, 2.75) is 69.6 Å². The Hall–Kier alpha value is -1.93. The van der Waals surface area contributed by atoms with Gasteiger partial charge in [-0.25, -0.2) is 9.97 Å². The molecule has 1 aliphatic rings. The molecule has 0 aromatic carbocycles. The van der Waals surface area contributed by atoms with Gasteiger partial charge in [-0.3, -0.25) is 14.2 Å². The molecule has 0 radical (unpaired) electrons. The second-order valence-electron chi connectivity index (χ2n) is 7.53. The fourth-order valence-electron chi connectivity index (χ4n) is 3.81. The molecule has 1 fully saturated rings. The number of carbonyl (C=O) groups excluding carboxylic acids is 1. The molecule has 1 aliphatic carbocycles. The number of amides is 1. The zero-order valence-electron chi connectivity index (χ0n) is 16.6. The van der Waals surface area contributed by atoms with E-state index in [0.29, 0.717) is 28.0 Å². The van der Waals surface area contributed by atoms with E-state index in [-0.39, 0.29) is 17.2 Å². The van der Waals surface area contributed by atoms with E-state index in [0.717, 1.165) is 35.9 Å². The molecule has 3 aromatic heterocycles. The van der Waals surface area contributed by atoms with Gasteiger partial charge in [-0.15, -0.1) is 11.3 Å². The Morgan fingerprint density at radius 1 is 1.34 bits per heavy atom. The van der Waals surface area contributed by atoms with Gasteiger partial charge < -0.3 is 5.32 Å². The number of aromatic nitrogens is 3. The van der Waals surface area contributed by atoms with Gasteiger partial charge in [0, 0.05) is 24.2 Å². The van der Waals surface area contributed by atoms with Crippen molar-refractivity contribution in [2.24, 2.45) is 0 Å². The molecule has 0 atom stereocenters. The topological polar surface area (TPSA) is 76.9 Å². The molecule has 4 rings (SSSR count). The van der Waals surface area contributed by atoms with Crippen molar-refractivity contribution in [3.05, 3.63) is 28.7 Å². The molecule has 6 nitrogen and oxygen atoms in total. The van der Waals surface area contributed by atoms with Gasteiger partial charge in [0.15, 0.2) is 5.16 Å². The third-order valence-corrected chi connectivity index (χ3v) is 7.42. The first-order valence-electron chi connectivity index (χ1n) is 10.4. The first kappa shape index (κ1) is 20.3. The van der Waals surface area contributed by atoms with Crippen molar-refractivity contribution >= 4 is 49.4 Å². The Morgan fingerprint density at radius 3 is 2.97 bits per heavy atom. The lowest BCUT2D eigenvalue weighted by atomic mass is 9.95. The van der Waals surface area contributed by atoms with Crippen LogP contribution in [0.2, 0.25) is 0 Å². The van der Waals surface area contributed by atoms with E-state index in [1.54, 1.807) is 10.8 Å². The van der Waals surface area contributed by atoms with Crippen LogP contribution in [-0.4, -0.2) is 32.2 Å². The Bertz CT molecular complexity index is 1070. The lowest BCUT2D eigenvalue weighted by Crippen LogP contribution is -2.37. The molecule has 1 saturated carbocycles. The Labute approximate surface area is 178 Å². The smallest absolute Gasteiger partial charge is 0.272 e. The van der Waals surface area contributed by atoms with E-state index >= 15 is 0 Å². The third-order valence-electron chi connectivity index (χ3n) is 5.36. The van der Waals surface area contributed by atoms with E-state index < -0.39 is 0 Å². The van der Waals surface area contributed by atoms with Gasteiger partial charge in [0.2, 0.25) is 5.91 Å². The molecule has 3 heterocycles. The van der Waals surface area contributed by atoms with Gasteiger partial charge in [-0.1, -0.05) is 44.4 Å². The first-order valence-corrected chi connectivity index (χ1v) is 12.2. The van der Waals surface area contributed by atoms with Crippen LogP contribution in [0.3, 0.4) is 0 Å². The summed E-state index contributed by atoms with van der Waals surface area (Å²) in [6, 6.07) is 4.11. The number of nitrogens with one attached hydrogen (secondary N) is 1. The molecule has 8 heteroatoms. The van der Waals surface area contributed by atoms with E-state index in [9.17, 15) is 9.59 Å². The minimum atomic E-state index is -0.0263. The third kappa shape index (κ3) is 4.48. The fraction of sp³-hybridized carbons (Fsp3) is 0.524. The molecule has 1 amide bonds. The summed E-state index contributed by atoms with van der Waals surface area (Å²) in [5.41, 5.74) is 0.674. The molecular formula is C21H26N4O2S2. The van der Waals surface area contributed by atoms with Gasteiger partial charge in [0.25, 0.3) is 5.56 Å². The van der Waals surface area contributed by atoms with Crippen molar-refractivity contribution in [2.75, 3.05) is 5.75 Å². The Balaban J connectivity index is 1.61. The van der Waals surface area contributed by atoms with Gasteiger partial charge in [-0.05, 0) is 31.4 Å². The summed E-state index contributed by atoms with van der Waals surface area (Å²) in [6.45, 7) is 2.72. The molecule has 3 aromatic rings. The SMILES string of the molecule is CCCCn1c(SCC(=O)NC2CCCCC2)nc2c(sc3ncccc32)c1=O. The van der Waals surface area contributed by atoms with Crippen LogP contribution in [0.1, 0.15) is 51.9 Å². The number of pyridine rings is 1. The maximum absolute atomic E-state index is 13.2. The lowest BCUT2D eigenvalue weighted by Gasteiger charge is -2.22. The zero-order chi connectivity index (χ0) is 20.2. The largest absolute Gasteiger partial charge is 0.353 e. The highest BCUT2D eigenvalue weighted by Crippen LogP contribution is 2.30. The first-order chi connectivity index (χ1) is 14.2. The van der Waals surface area contributed by atoms with Crippen LogP contribution in [0.5, 0.6) is 0 Å². The predicted octanol–water partition coefficient (Wildman–Crippen LogP) is 4.35. The van der Waals surface area contributed by atoms with Crippen LogP contribution < -0.4 is 10.9 Å². The highest BCUT2D eigenvalue weighted by Gasteiger charge is 2.19. The zero-order valence-corrected chi connectivity index (χ0v) is 18.3. The summed E-state index contributed by atoms with van der Waals surface area (Å²) >= 11 is 2.76. The minimum absolute atomic E-state index is 0.0233. The molecule has 0 unspecified atom stereocenters. The summed E-state index contributed by atoms with van der Waals surface area (Å²) < 4.78 is 2.38. The maximum Gasteiger partial charge on any atom is 0.272 e. The second kappa shape index (κ2) is 9.26. The van der Waals surface area contributed by atoms with Crippen molar-refractivity contribution in [1.29, 1.82) is 0 Å². The van der Waals surface area contributed by atoms with E-state index in [2.05, 4.69) is 17.2 Å². The van der Waals surface area contributed by atoms with Crippen LogP contribution >= 0.6 is 23.1 Å². The highest BCUT2D eigenvalue weighted by molar-refractivity contribution is 7.99. The predicted molar refractivity (Wildman–Crippen MR) is 120 cm³/mol. The van der Waals surface area contributed by atoms with Crippen molar-refractivity contribution in [1.82, 2.24) is 19.9 Å². The van der Waals surface area contributed by atoms with E-state index in [4.69, 9.17) is 4.98 Å². The number of fused-ring (bicyclic) bond motifs is 3. The van der Waals surface area contributed by atoms with E-state index in [1.165, 1.54) is 42.4 Å². The summed E-state index contributed by atoms with van der Waals surface area (Å²) in [7, 11) is 0. The number of hydrogen-bond donors (Lipinski definition) is 1. The summed E-state index contributed by atoms with van der Waals surface area (Å²) in [5, 5.41) is 4.67. The quantitative estimate of drug-likeness (QED) is 0.445. The normalized spacial score (nSPS) is 15.2. The van der Waals surface area contributed by atoms with Crippen LogP contribution in [0.4, 0.5) is 0 Å². The van der Waals surface area contributed by atoms with Crippen LogP contribution in [0.15, 0.2) is 28.3 Å². The molecule has 0 spiro atoms. The van der Waals surface area contributed by atoms with E-state index in [1.807, 2.05) is 12.1 Å². The number of carbonyl (C=O) groups is 1. The summed E-state index contributed by atoms with van der Waals surface area (Å²) in [4.78, 5) is 35.7. The minimum Gasteiger partial charge on any atom is -0.353 e. The molecule has 0 saturated heterocycles. The molecule has 29 heavy (non-hydrogen) atoms. The molecule has 0 aliphatic heterocycles. The van der Waals surface area contributed by atoms with Crippen LogP contribution in [0, 0.1) is 0 Å². The Kier molecular flexibility index (Phi) is 6.50. The van der Waals surface area contributed by atoms with Crippen LogP contribution in [0.25, 0.3) is 20.4 Å². The molecular weight excluding hydrogens is 404 g/mol. The maximum atomic E-state index is 13.2. The molecule has 154 valence electrons. The molecule has 1 N–H and O–H groups in total. The second-order valence-corrected chi connectivity index (χ2v) is 9.47. The van der Waals surface area contributed by atoms with Gasteiger partial charge >= 0.3 is 0 Å². The number of thioether (sulfide) groups is 1. The van der Waals surface area contributed by atoms with Gasteiger partial charge in [-0.2, -0.15) is 0 Å². The Morgan fingerprint density at radius 2 is 2.17 bits per heavy atom. The van der Waals surface area contributed by atoms with Crippen molar-refractivity contribution in [3.63, 3.8) is 0 Å². The van der Waals surface area contributed by atoms with Gasteiger partial charge in [0.05, 0.1) is 11.3 Å². The monoisotopic (exact) mass is 430 g/mol. The number of hydrogen-bond acceptors (Lipinski definition) is 6. The summed E-state index contributed by atoms with van der Waals surface area (Å²) in [6.07, 6.45) is 9.39. The average molecular weight is 431 g/mol. The van der Waals surface area contributed by atoms with Crippen LogP contribution in [-0.2, 0) is 11.3 Å². The number of thiophene rings is 1. The average Bonchev–Trinajstić information content (AvgIpc) is 3.11. The molecule has 0 bridgehead atoms. The fourth-order valence-corrected chi connectivity index (χ4v) is 5.67. The summed E-state index contributed by atoms with van der Waals surface area (Å²) in [5.74, 6) is 0.302. The van der Waals surface area contributed by atoms with Crippen molar-refractivity contribution < 1.29 is 4.79 Å². The lowest BCUT2D eigenvalue weighted by molar-refractivity contribution is -0.119. The van der Waals surface area contributed by atoms with Crippen molar-refractivity contribution in [3.8, 4) is 0 Å². The highest BCUT2D eigenvalue weighted by atomic mass is 32.2. The number of rotatable bonds is 7. The standard InChI is InChI=1S/C21H26N4O2S2/c1-2-3-12-25-20(27)18-17(15-10-7-11-22-19(15)29-18)24-21(25)28-13-16(26)23-14-8-5-4-6-9-14/h7,10-11,14H,2-6,8-9,12-13H2,1H3,(H,23,26). The van der Waals surface area contributed by atoms with Gasteiger partial charge in [0.1, 0.15) is 9.53 Å². The number of nitrogens with zero attached hydrogens (tertiary/aromatic N) is 3. The number of unbranched alkanes of at least 4 members (excludes halogenated alkanes) is 1.